The lowest BCUT2D eigenvalue weighted by Crippen LogP contribution is -1.96. The van der Waals surface area contributed by atoms with Crippen LogP contribution in [0.2, 0.25) is 0 Å². The highest BCUT2D eigenvalue weighted by Gasteiger charge is 2.16. The molecule has 8 rings (SSSR count). The molecule has 178 valence electrons. The molecule has 0 aliphatic carbocycles. The molecule has 8 aromatic rings. The third-order valence-electron chi connectivity index (χ3n) is 7.11. The van der Waals surface area contributed by atoms with Gasteiger partial charge in [0.15, 0.2) is 11.6 Å². The van der Waals surface area contributed by atoms with Crippen LogP contribution in [0.25, 0.3) is 77.8 Å². The largest absolute Gasteiger partial charge is 0.456 e. The number of aromatic nitrogens is 2. The molecule has 0 unspecified atom stereocenters. The number of fused-ring (bicyclic) bond motifs is 5. The van der Waals surface area contributed by atoms with Gasteiger partial charge in [-0.2, -0.15) is 0 Å². The van der Waals surface area contributed by atoms with Crippen LogP contribution in [0.5, 0.6) is 0 Å². The maximum Gasteiger partial charge on any atom is 0.160 e. The Kier molecular flexibility index (Phi) is 4.49. The Balaban J connectivity index is 1.37. The highest BCUT2D eigenvalue weighted by Crippen LogP contribution is 2.35. The van der Waals surface area contributed by atoms with Crippen molar-refractivity contribution >= 4 is 43.7 Å². The zero-order valence-electron chi connectivity index (χ0n) is 20.3. The van der Waals surface area contributed by atoms with Crippen LogP contribution in [0.15, 0.2) is 130 Å². The number of hydrogen-bond donors (Lipinski definition) is 0. The van der Waals surface area contributed by atoms with Gasteiger partial charge in [0.1, 0.15) is 22.4 Å². The van der Waals surface area contributed by atoms with Crippen LogP contribution in [0.4, 0.5) is 0 Å². The molecular formula is C34H20N2O2. The first kappa shape index (κ1) is 20.9. The van der Waals surface area contributed by atoms with Crippen LogP contribution in [-0.2, 0) is 0 Å². The van der Waals surface area contributed by atoms with E-state index in [1.165, 1.54) is 5.39 Å². The van der Waals surface area contributed by atoms with Gasteiger partial charge in [-0.1, -0.05) is 84.9 Å². The first-order chi connectivity index (χ1) is 18.8. The van der Waals surface area contributed by atoms with Gasteiger partial charge in [-0.3, -0.25) is 0 Å². The molecule has 0 aliphatic heterocycles. The summed E-state index contributed by atoms with van der Waals surface area (Å²) in [6.07, 6.45) is 0. The van der Waals surface area contributed by atoms with Crippen molar-refractivity contribution in [2.45, 2.75) is 0 Å². The fourth-order valence-corrected chi connectivity index (χ4v) is 5.26. The van der Waals surface area contributed by atoms with Crippen molar-refractivity contribution in [3.8, 4) is 34.1 Å². The molecule has 0 saturated heterocycles. The van der Waals surface area contributed by atoms with Crippen molar-refractivity contribution < 1.29 is 8.83 Å². The molecule has 38 heavy (non-hydrogen) atoms. The summed E-state index contributed by atoms with van der Waals surface area (Å²) >= 11 is 0. The number of hydrogen-bond acceptors (Lipinski definition) is 4. The molecular weight excluding hydrogens is 468 g/mol. The van der Waals surface area contributed by atoms with E-state index in [0.29, 0.717) is 11.6 Å². The average molecular weight is 489 g/mol. The summed E-state index contributed by atoms with van der Waals surface area (Å²) in [5.41, 5.74) is 6.02. The second kappa shape index (κ2) is 8.15. The predicted octanol–water partition coefficient (Wildman–Crippen LogP) is 9.28. The molecule has 0 aliphatic rings. The maximum absolute atomic E-state index is 6.22. The Morgan fingerprint density at radius 1 is 0.447 bits per heavy atom. The summed E-state index contributed by atoms with van der Waals surface area (Å²) in [6, 6.07) is 41.0. The second-order valence-electron chi connectivity index (χ2n) is 9.45. The van der Waals surface area contributed by atoms with E-state index in [1.807, 2.05) is 60.7 Å². The molecule has 3 heterocycles. The summed E-state index contributed by atoms with van der Waals surface area (Å²) < 4.78 is 12.4. The van der Waals surface area contributed by atoms with Gasteiger partial charge in [0.2, 0.25) is 0 Å². The number of furan rings is 2. The lowest BCUT2D eigenvalue weighted by atomic mass is 10.0. The molecule has 0 spiro atoms. The van der Waals surface area contributed by atoms with Crippen LogP contribution in [-0.4, -0.2) is 9.97 Å². The van der Waals surface area contributed by atoms with Crippen molar-refractivity contribution in [1.82, 2.24) is 9.97 Å². The third kappa shape index (κ3) is 3.31. The summed E-state index contributed by atoms with van der Waals surface area (Å²) in [6.45, 7) is 0. The molecule has 0 N–H and O–H groups in total. The Labute approximate surface area is 217 Å². The minimum absolute atomic E-state index is 0.619. The Bertz CT molecular complexity index is 2110. The van der Waals surface area contributed by atoms with Gasteiger partial charge in [-0.15, -0.1) is 0 Å². The average Bonchev–Trinajstić information content (AvgIpc) is 3.58. The molecule has 0 radical (unpaired) electrons. The Morgan fingerprint density at radius 2 is 1.16 bits per heavy atom. The molecule has 0 bridgehead atoms. The molecule has 0 saturated carbocycles. The molecule has 0 amide bonds. The minimum Gasteiger partial charge on any atom is -0.456 e. The van der Waals surface area contributed by atoms with Crippen molar-refractivity contribution in [1.29, 1.82) is 0 Å². The van der Waals surface area contributed by atoms with Gasteiger partial charge in [0.05, 0.1) is 5.69 Å². The fraction of sp³-hybridized carbons (Fsp3) is 0. The van der Waals surface area contributed by atoms with E-state index in [9.17, 15) is 0 Å². The van der Waals surface area contributed by atoms with Gasteiger partial charge in [0, 0.05) is 27.3 Å². The smallest absolute Gasteiger partial charge is 0.160 e. The van der Waals surface area contributed by atoms with E-state index in [0.717, 1.165) is 60.8 Å². The lowest BCUT2D eigenvalue weighted by Gasteiger charge is -2.10. The zero-order chi connectivity index (χ0) is 25.1. The minimum atomic E-state index is 0.619. The van der Waals surface area contributed by atoms with Gasteiger partial charge < -0.3 is 8.83 Å². The van der Waals surface area contributed by atoms with Crippen molar-refractivity contribution in [2.75, 3.05) is 0 Å². The van der Waals surface area contributed by atoms with E-state index in [-0.39, 0.29) is 0 Å². The van der Waals surface area contributed by atoms with Crippen LogP contribution in [0, 0.1) is 0 Å². The van der Waals surface area contributed by atoms with E-state index in [4.69, 9.17) is 18.8 Å². The standard InChI is InChI=1S/C34H20N2O2/c1-3-11-24-21(8-1)10-7-13-25(24)28-20-29(33-18-22-9-2-5-14-30(22)37-33)36-34(35-28)23-16-17-27-26-12-4-6-15-31(26)38-32(27)19-23/h1-20H. The number of rotatable bonds is 3. The molecule has 3 aromatic heterocycles. The van der Waals surface area contributed by atoms with Crippen LogP contribution < -0.4 is 0 Å². The number of benzene rings is 5. The lowest BCUT2D eigenvalue weighted by molar-refractivity contribution is 0.628. The Hall–Kier alpha value is -5.22. The third-order valence-corrected chi connectivity index (χ3v) is 7.11. The summed E-state index contributed by atoms with van der Waals surface area (Å²) in [5.74, 6) is 1.33. The highest BCUT2D eigenvalue weighted by molar-refractivity contribution is 6.05. The quantitative estimate of drug-likeness (QED) is 0.249. The van der Waals surface area contributed by atoms with Crippen LogP contribution in [0.1, 0.15) is 0 Å². The first-order valence-corrected chi connectivity index (χ1v) is 12.6. The number of para-hydroxylation sites is 2. The van der Waals surface area contributed by atoms with E-state index < -0.39 is 0 Å². The summed E-state index contributed by atoms with van der Waals surface area (Å²) in [7, 11) is 0. The first-order valence-electron chi connectivity index (χ1n) is 12.6. The molecule has 4 heteroatoms. The van der Waals surface area contributed by atoms with Crippen molar-refractivity contribution in [3.05, 3.63) is 121 Å². The van der Waals surface area contributed by atoms with E-state index in [2.05, 4.69) is 60.7 Å². The van der Waals surface area contributed by atoms with Crippen molar-refractivity contribution in [3.63, 3.8) is 0 Å². The van der Waals surface area contributed by atoms with E-state index >= 15 is 0 Å². The monoisotopic (exact) mass is 488 g/mol. The molecule has 0 atom stereocenters. The zero-order valence-corrected chi connectivity index (χ0v) is 20.3. The maximum atomic E-state index is 6.22. The van der Waals surface area contributed by atoms with Gasteiger partial charge >= 0.3 is 0 Å². The van der Waals surface area contributed by atoms with E-state index in [1.54, 1.807) is 0 Å². The molecule has 5 aromatic carbocycles. The Morgan fingerprint density at radius 3 is 2.05 bits per heavy atom. The van der Waals surface area contributed by atoms with Gasteiger partial charge in [-0.25, -0.2) is 9.97 Å². The number of nitrogens with zero attached hydrogens (tertiary/aromatic N) is 2. The molecule has 4 nitrogen and oxygen atoms in total. The van der Waals surface area contributed by atoms with Crippen LogP contribution in [0.3, 0.4) is 0 Å². The van der Waals surface area contributed by atoms with Gasteiger partial charge in [-0.05, 0) is 47.2 Å². The fourth-order valence-electron chi connectivity index (χ4n) is 5.26. The molecule has 0 fully saturated rings. The van der Waals surface area contributed by atoms with Crippen molar-refractivity contribution in [2.24, 2.45) is 0 Å². The van der Waals surface area contributed by atoms with Crippen LogP contribution >= 0.6 is 0 Å². The highest BCUT2D eigenvalue weighted by atomic mass is 16.3. The summed E-state index contributed by atoms with van der Waals surface area (Å²) in [4.78, 5) is 10.1. The summed E-state index contributed by atoms with van der Waals surface area (Å²) in [5, 5.41) is 5.52. The second-order valence-corrected chi connectivity index (χ2v) is 9.45. The SMILES string of the molecule is c1ccc2oc(-c3cc(-c4cccc5ccccc45)nc(-c4ccc5c(c4)oc4ccccc45)n3)cc2c1. The predicted molar refractivity (Wildman–Crippen MR) is 153 cm³/mol. The van der Waals surface area contributed by atoms with Gasteiger partial charge in [0.25, 0.3) is 0 Å². The topological polar surface area (TPSA) is 52.1 Å². The normalized spacial score (nSPS) is 11.7.